The summed E-state index contributed by atoms with van der Waals surface area (Å²) in [6.07, 6.45) is 0. The maximum absolute atomic E-state index is 6.54. The second-order valence-electron chi connectivity index (χ2n) is 38.5. The molecule has 0 saturated carbocycles. The smallest absolute Gasteiger partial charge is 0.235 e. The number of fused-ring (bicyclic) bond motifs is 39. The molecule has 0 unspecified atom stereocenters. The molecule has 10 heterocycles. The Hall–Kier alpha value is -19.2. The van der Waals surface area contributed by atoms with Gasteiger partial charge in [-0.15, -0.1) is 34.0 Å². The number of hydrogen-bond donors (Lipinski definition) is 0. The first-order valence-electron chi connectivity index (χ1n) is 50.6. The fraction of sp³-hybridized carbons (Fsp3) is 0. The number of anilines is 3. The van der Waals surface area contributed by atoms with Crippen LogP contribution in [-0.4, -0.2) is 39.5 Å². The molecule has 0 saturated heterocycles. The van der Waals surface area contributed by atoms with Crippen molar-refractivity contribution in [3.63, 3.8) is 0 Å². The van der Waals surface area contributed by atoms with Crippen molar-refractivity contribution in [1.29, 1.82) is 0 Å². The average Bonchev–Trinajstić information content (AvgIpc) is 1.59. The summed E-state index contributed by atoms with van der Waals surface area (Å²) >= 11 is 5.57. The summed E-state index contributed by atoms with van der Waals surface area (Å²) in [5.74, 6) is 1.23. The predicted molar refractivity (Wildman–Crippen MR) is 636 cm³/mol. The third-order valence-electron chi connectivity index (χ3n) is 30.2. The van der Waals surface area contributed by atoms with E-state index in [1.807, 2.05) is 64.3 Å². The van der Waals surface area contributed by atoms with E-state index in [1.54, 1.807) is 0 Å². The van der Waals surface area contributed by atoms with Crippen LogP contribution in [-0.2, 0) is 0 Å². The highest BCUT2D eigenvalue weighted by atomic mass is 32.1. The molecule has 696 valence electrons. The van der Waals surface area contributed by atoms with Gasteiger partial charge in [-0.25, -0.2) is 34.9 Å². The summed E-state index contributed by atoms with van der Waals surface area (Å²) in [7, 11) is 0. The molecule has 150 heavy (non-hydrogen) atoms. The number of para-hydroxylation sites is 4. The third kappa shape index (κ3) is 13.4. The lowest BCUT2D eigenvalue weighted by Gasteiger charge is -2.26. The van der Waals surface area contributed by atoms with Crippen molar-refractivity contribution in [1.82, 2.24) is 39.5 Å². The van der Waals surface area contributed by atoms with Gasteiger partial charge >= 0.3 is 0 Å². The summed E-state index contributed by atoms with van der Waals surface area (Å²) in [6, 6.07) is 170. The Morgan fingerprint density at radius 1 is 0.207 bits per heavy atom. The molecule has 0 N–H and O–H groups in total. The number of hydrogen-bond acceptors (Lipinski definition) is 12. The second-order valence-corrected chi connectivity index (χ2v) is 41.7. The molecule has 0 aliphatic carbocycles. The van der Waals surface area contributed by atoms with Gasteiger partial charge in [0.1, 0.15) is 22.5 Å². The maximum Gasteiger partial charge on any atom is 0.235 e. The highest BCUT2D eigenvalue weighted by Crippen LogP contribution is 2.54. The fourth-order valence-electron chi connectivity index (χ4n) is 23.6. The van der Waals surface area contributed by atoms with Crippen LogP contribution in [0.2, 0.25) is 0 Å². The predicted octanol–water partition coefficient (Wildman–Crippen LogP) is 38.6. The van der Waals surface area contributed by atoms with Crippen molar-refractivity contribution in [2.45, 2.75) is 0 Å². The van der Waals surface area contributed by atoms with Gasteiger partial charge in [-0.05, 0) is 145 Å². The summed E-state index contributed by atoms with van der Waals surface area (Å²) in [4.78, 5) is 40.3. The molecule has 0 atom stereocenters. The largest absolute Gasteiger partial charge is 0.452 e. The van der Waals surface area contributed by atoms with Crippen LogP contribution in [0.1, 0.15) is 0 Å². The van der Waals surface area contributed by atoms with Crippen molar-refractivity contribution in [3.8, 4) is 62.5 Å². The fourth-order valence-corrected chi connectivity index (χ4v) is 27.3. The number of rotatable bonds is 9. The minimum Gasteiger partial charge on any atom is -0.452 e. The number of aromatic nitrogens is 8. The lowest BCUT2D eigenvalue weighted by Crippen LogP contribution is -2.09. The molecule has 0 bridgehead atoms. The van der Waals surface area contributed by atoms with Crippen molar-refractivity contribution in [3.05, 3.63) is 479 Å². The Balaban J connectivity index is 0.000000102. The van der Waals surface area contributed by atoms with E-state index in [4.69, 9.17) is 39.3 Å². The molecule has 0 spiro atoms. The SMILES string of the molecule is c1ccc(-c2nc(-n3c4ccccc4c4cc(-c5nc6c(c7ccccc57)c5ccccc5c5sc7ccccc7c65)ccc43)nc3ccccc23)cc1.c1ccc(N(c2ccc(-c3nc4c(c5ccccc35)c3ccccc3c3sc5ccccc5c43)cc2)c2ccc3ccccc3c2)cc1.c1ccc2c(-c3nc(-c4nc5c(c6ccccc46)c4ccccc4c4sc6ccccc6c54)nc4c3oc3ccccc34)cccc2c1. The first-order chi connectivity index (χ1) is 74.4. The van der Waals surface area contributed by atoms with E-state index in [0.29, 0.717) is 17.4 Å². The van der Waals surface area contributed by atoms with Crippen LogP contribution in [0.25, 0.3) is 297 Å². The van der Waals surface area contributed by atoms with Crippen molar-refractivity contribution in [2.75, 3.05) is 4.90 Å². The number of furan rings is 1. The van der Waals surface area contributed by atoms with Crippen LogP contribution >= 0.6 is 34.0 Å². The molecule has 33 aromatic rings. The van der Waals surface area contributed by atoms with Crippen LogP contribution in [0.4, 0.5) is 17.1 Å². The van der Waals surface area contributed by atoms with Crippen molar-refractivity contribution in [2.24, 2.45) is 0 Å². The van der Waals surface area contributed by atoms with E-state index in [2.05, 4.69) is 458 Å². The van der Waals surface area contributed by atoms with E-state index in [-0.39, 0.29) is 0 Å². The minimum absolute atomic E-state index is 0.580. The zero-order chi connectivity index (χ0) is 98.3. The van der Waals surface area contributed by atoms with Crippen LogP contribution in [0.5, 0.6) is 0 Å². The molecule has 23 aromatic carbocycles. The maximum atomic E-state index is 6.54. The molecule has 0 aliphatic rings. The molecule has 0 radical (unpaired) electrons. The van der Waals surface area contributed by atoms with Crippen LogP contribution < -0.4 is 4.90 Å². The van der Waals surface area contributed by atoms with E-state index < -0.39 is 0 Å². The standard InChI is InChI=1S/C49H28N4S.C45H28N2S.C43H23N3OS/c1-2-14-29(15-3-1)45-36-21-8-11-23-39(36)50-49(52-45)53-40-24-12-9-16-31(40)38-28-30(26-27-41(38)53)46-34-19-6-4-17-32(34)43-33-18-5-7-20-35(33)48-44(47(43)51-46)37-22-10-13-25-42(37)54-48;1-2-14-32(15-3-1)47(34-27-22-29-12-4-5-13-31(29)28-34)33-25-23-30(24-26-33)43-37-18-8-6-16-35(37)41-36-17-7-9-19-38(36)45-42(44(41)46-43)39-20-10-11-21-40(39)48-45;1-2-14-25-24(12-1)13-11-21-28(25)37-41-38(31-19-7-9-22-33(31)47-41)46-43(45-37)39-29-17-5-3-15-26(29)35-27-16-4-6-18-30(27)42-36(40(35)44-39)32-20-8-10-23-34(32)48-42/h1-28H;1-28H;1-23H. The van der Waals surface area contributed by atoms with Gasteiger partial charge in [0.2, 0.25) is 5.95 Å². The molecular formula is C137H79N9OS3. The zero-order valence-corrected chi connectivity index (χ0v) is 82.7. The number of nitrogens with zero attached hydrogens (tertiary/aromatic N) is 9. The van der Waals surface area contributed by atoms with Gasteiger partial charge in [0.15, 0.2) is 11.4 Å². The molecule has 10 aromatic heterocycles. The number of benzene rings is 23. The van der Waals surface area contributed by atoms with Crippen molar-refractivity contribution < 1.29 is 4.42 Å². The molecule has 33 rings (SSSR count). The summed E-state index contributed by atoms with van der Waals surface area (Å²) < 4.78 is 16.4. The van der Waals surface area contributed by atoms with E-state index >= 15 is 0 Å². The second kappa shape index (κ2) is 34.3. The topological polar surface area (TPSA) is 112 Å². The zero-order valence-electron chi connectivity index (χ0n) is 80.3. The first-order valence-corrected chi connectivity index (χ1v) is 53.0. The molecule has 0 fully saturated rings. The van der Waals surface area contributed by atoms with Crippen LogP contribution in [0.15, 0.2) is 484 Å². The van der Waals surface area contributed by atoms with Gasteiger partial charge < -0.3 is 9.32 Å². The Morgan fingerprint density at radius 2 is 0.600 bits per heavy atom. The Labute approximate surface area is 868 Å². The van der Waals surface area contributed by atoms with Gasteiger partial charge in [0, 0.05) is 170 Å². The van der Waals surface area contributed by atoms with E-state index in [1.165, 1.54) is 125 Å². The monoisotopic (exact) mass is 1960 g/mol. The van der Waals surface area contributed by atoms with Gasteiger partial charge in [0.05, 0.1) is 50.2 Å². The average molecular weight is 1960 g/mol. The number of pyridine rings is 3. The highest BCUT2D eigenvalue weighted by Gasteiger charge is 2.30. The third-order valence-corrected chi connectivity index (χ3v) is 33.8. The summed E-state index contributed by atoms with van der Waals surface area (Å²) in [6.45, 7) is 0. The van der Waals surface area contributed by atoms with Crippen LogP contribution in [0.3, 0.4) is 0 Å². The Kier molecular flexibility index (Phi) is 19.5. The summed E-state index contributed by atoms with van der Waals surface area (Å²) in [5, 5.41) is 34.4. The molecule has 0 aliphatic heterocycles. The lowest BCUT2D eigenvalue weighted by atomic mass is 9.94. The molecule has 13 heteroatoms. The van der Waals surface area contributed by atoms with Crippen molar-refractivity contribution >= 4 is 285 Å². The lowest BCUT2D eigenvalue weighted by molar-refractivity contribution is 0.667. The summed E-state index contributed by atoms with van der Waals surface area (Å²) in [5.41, 5.74) is 20.4. The number of thiophene rings is 3. The highest BCUT2D eigenvalue weighted by molar-refractivity contribution is 7.28. The molecule has 0 amide bonds. The van der Waals surface area contributed by atoms with Gasteiger partial charge in [0.25, 0.3) is 0 Å². The Morgan fingerprint density at radius 3 is 1.17 bits per heavy atom. The molecular weight excluding hydrogens is 1880 g/mol. The van der Waals surface area contributed by atoms with Gasteiger partial charge in [-0.1, -0.05) is 388 Å². The van der Waals surface area contributed by atoms with E-state index in [9.17, 15) is 0 Å². The van der Waals surface area contributed by atoms with Gasteiger partial charge in [-0.3, -0.25) is 4.57 Å². The normalized spacial score (nSPS) is 12.0. The Bertz CT molecular complexity index is 11500. The quantitative estimate of drug-likeness (QED) is 0.130. The minimum atomic E-state index is 0.580. The van der Waals surface area contributed by atoms with Crippen LogP contribution in [0, 0.1) is 0 Å². The van der Waals surface area contributed by atoms with E-state index in [0.717, 1.165) is 171 Å². The van der Waals surface area contributed by atoms with Gasteiger partial charge in [-0.2, -0.15) is 0 Å². The first kappa shape index (κ1) is 85.3. The molecule has 10 nitrogen and oxygen atoms in total.